The van der Waals surface area contributed by atoms with Crippen molar-refractivity contribution in [1.82, 2.24) is 4.98 Å². The summed E-state index contributed by atoms with van der Waals surface area (Å²) in [6.07, 6.45) is 2.39. The molecule has 2 aliphatic rings. The van der Waals surface area contributed by atoms with Crippen LogP contribution in [0.25, 0.3) is 0 Å². The number of ketones is 2. The normalized spacial score (nSPS) is 21.1. The SMILES string of the molecule is COC1=CC(C2C(=O)CCCC2=O)=NC1(C(=O)OC(C)(C)C)c1cc(OC)c(C(=O)OC(C)(C)C)[nH]1. The van der Waals surface area contributed by atoms with Gasteiger partial charge in [0.2, 0.25) is 0 Å². The van der Waals surface area contributed by atoms with Crippen molar-refractivity contribution >= 4 is 29.2 Å². The molecule has 2 heterocycles. The van der Waals surface area contributed by atoms with E-state index in [-0.39, 0.29) is 53.0 Å². The Kier molecular flexibility index (Phi) is 7.21. The molecule has 0 spiro atoms. The van der Waals surface area contributed by atoms with Crippen LogP contribution in [0.4, 0.5) is 0 Å². The number of methoxy groups -OCH3 is 2. The van der Waals surface area contributed by atoms with E-state index < -0.39 is 34.6 Å². The fourth-order valence-corrected chi connectivity index (χ4v) is 4.18. The molecule has 0 amide bonds. The van der Waals surface area contributed by atoms with Gasteiger partial charge in [0.05, 0.1) is 25.6 Å². The summed E-state index contributed by atoms with van der Waals surface area (Å²) in [6, 6.07) is 1.44. The standard InChI is InChI=1S/C26H34N2O8/c1-24(2,3)35-22(31)21-17(33-7)13-18(27-21)26(23(32)36-25(4,5)6)19(34-8)12-14(28-26)20-15(29)10-9-11-16(20)30/h12-13,20,27H,9-11H2,1-8H3. The first-order valence-corrected chi connectivity index (χ1v) is 11.8. The first-order chi connectivity index (χ1) is 16.6. The van der Waals surface area contributed by atoms with Gasteiger partial charge in [-0.25, -0.2) is 9.59 Å². The second-order valence-corrected chi connectivity index (χ2v) is 10.8. The molecule has 1 saturated carbocycles. The maximum atomic E-state index is 13.8. The minimum absolute atomic E-state index is 0.0331. The molecule has 1 unspecified atom stereocenters. The van der Waals surface area contributed by atoms with Crippen molar-refractivity contribution in [2.75, 3.05) is 14.2 Å². The molecule has 0 aromatic carbocycles. The van der Waals surface area contributed by atoms with Crippen LogP contribution in [-0.4, -0.2) is 59.6 Å². The minimum Gasteiger partial charge on any atom is -0.497 e. The average molecular weight is 503 g/mol. The maximum absolute atomic E-state index is 13.8. The van der Waals surface area contributed by atoms with Gasteiger partial charge in [-0.2, -0.15) is 0 Å². The molecule has 1 aliphatic heterocycles. The Balaban J connectivity index is 2.23. The van der Waals surface area contributed by atoms with Crippen LogP contribution >= 0.6 is 0 Å². The van der Waals surface area contributed by atoms with E-state index in [1.165, 1.54) is 26.4 Å². The first-order valence-electron chi connectivity index (χ1n) is 11.8. The highest BCUT2D eigenvalue weighted by Crippen LogP contribution is 2.44. The largest absolute Gasteiger partial charge is 0.497 e. The summed E-state index contributed by atoms with van der Waals surface area (Å²) in [4.78, 5) is 59.6. The summed E-state index contributed by atoms with van der Waals surface area (Å²) in [5.41, 5.74) is -3.44. The summed E-state index contributed by atoms with van der Waals surface area (Å²) >= 11 is 0. The van der Waals surface area contributed by atoms with E-state index in [2.05, 4.69) is 9.98 Å². The third-order valence-corrected chi connectivity index (χ3v) is 5.63. The van der Waals surface area contributed by atoms with E-state index in [0.29, 0.717) is 6.42 Å². The molecule has 196 valence electrons. The molecule has 1 N–H and O–H groups in total. The molecule has 1 aromatic rings. The van der Waals surface area contributed by atoms with Gasteiger partial charge in [0.25, 0.3) is 5.54 Å². The molecule has 0 bridgehead atoms. The van der Waals surface area contributed by atoms with E-state index in [0.717, 1.165) is 0 Å². The number of aromatic nitrogens is 1. The van der Waals surface area contributed by atoms with Crippen molar-refractivity contribution in [2.24, 2.45) is 10.9 Å². The smallest absolute Gasteiger partial charge is 0.359 e. The van der Waals surface area contributed by atoms with E-state index in [1.807, 2.05) is 0 Å². The second-order valence-electron chi connectivity index (χ2n) is 10.8. The van der Waals surface area contributed by atoms with Crippen molar-refractivity contribution in [3.63, 3.8) is 0 Å². The van der Waals surface area contributed by atoms with Crippen LogP contribution in [0.15, 0.2) is 22.9 Å². The number of hydrogen-bond donors (Lipinski definition) is 1. The van der Waals surface area contributed by atoms with Gasteiger partial charge in [-0.15, -0.1) is 0 Å². The quantitative estimate of drug-likeness (QED) is 0.462. The van der Waals surface area contributed by atoms with Crippen LogP contribution in [-0.2, 0) is 34.1 Å². The maximum Gasteiger partial charge on any atom is 0.359 e. The Morgan fingerprint density at radius 3 is 2.06 bits per heavy atom. The molecule has 36 heavy (non-hydrogen) atoms. The highest BCUT2D eigenvalue weighted by atomic mass is 16.6. The Morgan fingerprint density at radius 2 is 1.56 bits per heavy atom. The predicted octanol–water partition coefficient (Wildman–Crippen LogP) is 3.44. The van der Waals surface area contributed by atoms with Gasteiger partial charge in [0.15, 0.2) is 11.4 Å². The summed E-state index contributed by atoms with van der Waals surface area (Å²) in [5, 5.41) is 0. The van der Waals surface area contributed by atoms with Gasteiger partial charge in [0, 0.05) is 25.0 Å². The number of rotatable bonds is 6. The Bertz CT molecular complexity index is 1130. The van der Waals surface area contributed by atoms with E-state index in [9.17, 15) is 19.2 Å². The van der Waals surface area contributed by atoms with Crippen molar-refractivity contribution in [3.8, 4) is 5.75 Å². The zero-order valence-corrected chi connectivity index (χ0v) is 22.1. The van der Waals surface area contributed by atoms with Crippen LogP contribution in [0.3, 0.4) is 0 Å². The molecular weight excluding hydrogens is 468 g/mol. The molecule has 1 atom stereocenters. The molecule has 1 aromatic heterocycles. The van der Waals surface area contributed by atoms with Crippen molar-refractivity contribution in [3.05, 3.63) is 29.3 Å². The molecule has 1 aliphatic carbocycles. The summed E-state index contributed by atoms with van der Waals surface area (Å²) in [7, 11) is 2.72. The van der Waals surface area contributed by atoms with E-state index in [1.54, 1.807) is 41.5 Å². The number of carbonyl (C=O) groups is 4. The van der Waals surface area contributed by atoms with Crippen LogP contribution < -0.4 is 4.74 Å². The van der Waals surface area contributed by atoms with Gasteiger partial charge in [0.1, 0.15) is 34.4 Å². The summed E-state index contributed by atoms with van der Waals surface area (Å²) in [5.74, 6) is -2.99. The Labute approximate surface area is 210 Å². The van der Waals surface area contributed by atoms with Crippen molar-refractivity contribution in [2.45, 2.75) is 77.5 Å². The number of esters is 2. The predicted molar refractivity (Wildman–Crippen MR) is 130 cm³/mol. The fraction of sp³-hybridized carbons (Fsp3) is 0.577. The third kappa shape index (κ3) is 5.22. The number of aromatic amines is 1. The van der Waals surface area contributed by atoms with Gasteiger partial charge < -0.3 is 23.9 Å². The summed E-state index contributed by atoms with van der Waals surface area (Å²) in [6.45, 7) is 10.3. The van der Waals surface area contributed by atoms with Crippen LogP contribution in [0, 0.1) is 5.92 Å². The zero-order chi connectivity index (χ0) is 27.1. The van der Waals surface area contributed by atoms with Gasteiger partial charge >= 0.3 is 11.9 Å². The highest BCUT2D eigenvalue weighted by molar-refractivity contribution is 6.26. The fourth-order valence-electron chi connectivity index (χ4n) is 4.18. The number of nitrogens with zero attached hydrogens (tertiary/aromatic N) is 1. The second kappa shape index (κ2) is 9.55. The number of carbonyl (C=O) groups excluding carboxylic acids is 4. The molecule has 3 rings (SSSR count). The number of hydrogen-bond acceptors (Lipinski definition) is 9. The number of Topliss-reactive ketones (excluding diaryl/α,β-unsaturated/α-hetero) is 2. The highest BCUT2D eigenvalue weighted by Gasteiger charge is 2.55. The lowest BCUT2D eigenvalue weighted by molar-refractivity contribution is -0.161. The van der Waals surface area contributed by atoms with Gasteiger partial charge in [-0.3, -0.25) is 14.6 Å². The third-order valence-electron chi connectivity index (χ3n) is 5.63. The average Bonchev–Trinajstić information content (AvgIpc) is 3.33. The van der Waals surface area contributed by atoms with Crippen molar-refractivity contribution in [1.29, 1.82) is 0 Å². The van der Waals surface area contributed by atoms with Gasteiger partial charge in [-0.05, 0) is 48.0 Å². The molecule has 1 fully saturated rings. The van der Waals surface area contributed by atoms with E-state index in [4.69, 9.17) is 18.9 Å². The summed E-state index contributed by atoms with van der Waals surface area (Å²) < 4.78 is 22.2. The minimum atomic E-state index is -1.94. The number of nitrogens with one attached hydrogen (secondary N) is 1. The lowest BCUT2D eigenvalue weighted by atomic mass is 9.83. The molecule has 0 saturated heterocycles. The van der Waals surface area contributed by atoms with Crippen LogP contribution in [0.5, 0.6) is 5.75 Å². The molecule has 10 heteroatoms. The lowest BCUT2D eigenvalue weighted by Gasteiger charge is -2.30. The van der Waals surface area contributed by atoms with Gasteiger partial charge in [-0.1, -0.05) is 0 Å². The van der Waals surface area contributed by atoms with Crippen molar-refractivity contribution < 1.29 is 38.1 Å². The molecule has 10 nitrogen and oxygen atoms in total. The Hall–Kier alpha value is -3.43. The number of aliphatic imine (C=N–C) groups is 1. The lowest BCUT2D eigenvalue weighted by Crippen LogP contribution is -2.42. The molecular formula is C26H34N2O8. The van der Waals surface area contributed by atoms with E-state index >= 15 is 0 Å². The molecule has 0 radical (unpaired) electrons. The monoisotopic (exact) mass is 502 g/mol. The zero-order valence-electron chi connectivity index (χ0n) is 22.1. The number of ether oxygens (including phenoxy) is 4. The van der Waals surface area contributed by atoms with Crippen LogP contribution in [0.1, 0.15) is 77.0 Å². The Morgan fingerprint density at radius 1 is 0.972 bits per heavy atom. The first kappa shape index (κ1) is 27.2. The number of allylic oxidation sites excluding steroid dienone is 1. The van der Waals surface area contributed by atoms with Crippen LogP contribution in [0.2, 0.25) is 0 Å². The number of H-pyrrole nitrogens is 1. The topological polar surface area (TPSA) is 133 Å².